The first-order valence-electron chi connectivity index (χ1n) is 11.6. The minimum Gasteiger partial charge on any atom is -0.385 e. The van der Waals surface area contributed by atoms with Gasteiger partial charge in [-0.05, 0) is 55.2 Å². The molecule has 2 heterocycles. The molecule has 0 radical (unpaired) electrons. The Hall–Kier alpha value is -3.47. The fourth-order valence-electron chi connectivity index (χ4n) is 4.47. The Balaban J connectivity index is 1.47. The summed E-state index contributed by atoms with van der Waals surface area (Å²) in [7, 11) is 1.71. The summed E-state index contributed by atoms with van der Waals surface area (Å²) in [5.74, 6) is 0.111. The number of carbonyl (C=O) groups is 1. The quantitative estimate of drug-likeness (QED) is 0.516. The third kappa shape index (κ3) is 5.36. The molecule has 4 rings (SSSR count). The average Bonchev–Trinajstić information content (AvgIpc) is 3.27. The van der Waals surface area contributed by atoms with Gasteiger partial charge in [-0.1, -0.05) is 24.3 Å². The molecule has 0 bridgehead atoms. The van der Waals surface area contributed by atoms with E-state index in [1.165, 1.54) is 5.56 Å². The predicted octanol–water partition coefficient (Wildman–Crippen LogP) is 3.67. The minimum atomic E-state index is 0.111. The molecule has 0 saturated carbocycles. The molecule has 0 spiro atoms. The number of hydrogen-bond donors (Lipinski definition) is 0. The number of nitrogens with zero attached hydrogens (tertiary/aromatic N) is 5. The van der Waals surface area contributed by atoms with Crippen molar-refractivity contribution in [1.29, 1.82) is 5.26 Å². The van der Waals surface area contributed by atoms with Gasteiger partial charge in [-0.2, -0.15) is 5.26 Å². The van der Waals surface area contributed by atoms with Crippen LogP contribution in [0.15, 0.2) is 55.0 Å². The van der Waals surface area contributed by atoms with Crippen molar-refractivity contribution in [2.24, 2.45) is 0 Å². The summed E-state index contributed by atoms with van der Waals surface area (Å²) in [6, 6.07) is 16.0. The highest BCUT2D eigenvalue weighted by molar-refractivity contribution is 5.96. The van der Waals surface area contributed by atoms with Crippen molar-refractivity contribution in [1.82, 2.24) is 14.5 Å². The van der Waals surface area contributed by atoms with E-state index in [9.17, 15) is 4.79 Å². The van der Waals surface area contributed by atoms with Crippen LogP contribution in [0.5, 0.6) is 0 Å². The molecule has 1 fully saturated rings. The van der Waals surface area contributed by atoms with Gasteiger partial charge < -0.3 is 14.2 Å². The van der Waals surface area contributed by atoms with Gasteiger partial charge in [0, 0.05) is 51.3 Å². The maximum Gasteiger partial charge on any atom is 0.241 e. The summed E-state index contributed by atoms with van der Waals surface area (Å²) in [6.07, 6.45) is 4.70. The van der Waals surface area contributed by atoms with Gasteiger partial charge in [0.1, 0.15) is 0 Å². The number of ether oxygens (including phenoxy) is 1. The van der Waals surface area contributed by atoms with Gasteiger partial charge in [-0.3, -0.25) is 9.69 Å². The van der Waals surface area contributed by atoms with Crippen molar-refractivity contribution < 1.29 is 9.53 Å². The lowest BCUT2D eigenvalue weighted by Gasteiger charge is -2.41. The van der Waals surface area contributed by atoms with Crippen LogP contribution in [-0.2, 0) is 22.6 Å². The first-order chi connectivity index (χ1) is 16.5. The van der Waals surface area contributed by atoms with E-state index >= 15 is 0 Å². The molecule has 1 aromatic heterocycles. The van der Waals surface area contributed by atoms with Crippen LogP contribution < -0.4 is 4.90 Å². The van der Waals surface area contributed by atoms with E-state index in [0.717, 1.165) is 28.9 Å². The van der Waals surface area contributed by atoms with E-state index < -0.39 is 0 Å². The third-order valence-electron chi connectivity index (χ3n) is 6.57. The molecule has 1 aliphatic rings. The van der Waals surface area contributed by atoms with Crippen molar-refractivity contribution in [2.45, 2.75) is 39.4 Å². The third-order valence-corrected chi connectivity index (χ3v) is 6.57. The van der Waals surface area contributed by atoms with Crippen LogP contribution in [0.3, 0.4) is 0 Å². The smallest absolute Gasteiger partial charge is 0.241 e. The maximum absolute atomic E-state index is 13.2. The number of nitriles is 1. The number of rotatable bonds is 8. The molecule has 34 heavy (non-hydrogen) atoms. The minimum absolute atomic E-state index is 0.111. The molecular weight excluding hydrogens is 426 g/mol. The second-order valence-electron chi connectivity index (χ2n) is 8.91. The fourth-order valence-corrected chi connectivity index (χ4v) is 4.47. The van der Waals surface area contributed by atoms with Crippen molar-refractivity contribution in [3.8, 4) is 6.07 Å². The molecule has 0 aliphatic carbocycles. The Kier molecular flexibility index (Phi) is 7.41. The Bertz CT molecular complexity index is 1180. The van der Waals surface area contributed by atoms with Crippen molar-refractivity contribution in [2.75, 3.05) is 31.7 Å². The standard InChI is InChI=1S/C27H31N5O2/c1-20-5-4-6-26(21(20)2)32-17-25(11-12-34-3)31(18-27(32)33)16-24-15-30(19-29-24)14-23-9-7-22(13-28)8-10-23/h4-10,15,19,25H,11-12,14,16-18H2,1-3H3. The van der Waals surface area contributed by atoms with Gasteiger partial charge in [0.25, 0.3) is 0 Å². The number of aryl methyl sites for hydroxylation is 1. The first-order valence-corrected chi connectivity index (χ1v) is 11.6. The van der Waals surface area contributed by atoms with Crippen molar-refractivity contribution >= 4 is 11.6 Å². The fraction of sp³-hybridized carbons (Fsp3) is 0.370. The zero-order valence-corrected chi connectivity index (χ0v) is 20.1. The number of carbonyl (C=O) groups excluding carboxylic acids is 1. The predicted molar refractivity (Wildman–Crippen MR) is 131 cm³/mol. The van der Waals surface area contributed by atoms with E-state index in [1.54, 1.807) is 7.11 Å². The van der Waals surface area contributed by atoms with Gasteiger partial charge in [0.15, 0.2) is 0 Å². The molecule has 3 aromatic rings. The number of anilines is 1. The molecule has 176 valence electrons. The molecule has 0 N–H and O–H groups in total. The number of amides is 1. The highest BCUT2D eigenvalue weighted by atomic mass is 16.5. The monoisotopic (exact) mass is 457 g/mol. The average molecular weight is 458 g/mol. The summed E-state index contributed by atoms with van der Waals surface area (Å²) >= 11 is 0. The largest absolute Gasteiger partial charge is 0.385 e. The summed E-state index contributed by atoms with van der Waals surface area (Å²) in [5.41, 5.74) is 6.04. The van der Waals surface area contributed by atoms with Crippen LogP contribution in [0, 0.1) is 25.2 Å². The zero-order chi connectivity index (χ0) is 24.1. The molecule has 1 atom stereocenters. The highest BCUT2D eigenvalue weighted by Gasteiger charge is 2.33. The van der Waals surface area contributed by atoms with Gasteiger partial charge in [-0.25, -0.2) is 4.98 Å². The van der Waals surface area contributed by atoms with E-state index in [1.807, 2.05) is 58.4 Å². The number of hydrogen-bond acceptors (Lipinski definition) is 5. The van der Waals surface area contributed by atoms with E-state index in [2.05, 4.69) is 35.9 Å². The highest BCUT2D eigenvalue weighted by Crippen LogP contribution is 2.27. The molecule has 1 amide bonds. The van der Waals surface area contributed by atoms with Crippen LogP contribution in [0.25, 0.3) is 0 Å². The van der Waals surface area contributed by atoms with E-state index in [4.69, 9.17) is 10.00 Å². The molecule has 7 nitrogen and oxygen atoms in total. The first kappa shape index (κ1) is 23.7. The zero-order valence-electron chi connectivity index (χ0n) is 20.1. The summed E-state index contributed by atoms with van der Waals surface area (Å²) < 4.78 is 7.41. The summed E-state index contributed by atoms with van der Waals surface area (Å²) in [6.45, 7) is 7.09. The number of methoxy groups -OCH3 is 1. The van der Waals surface area contributed by atoms with Gasteiger partial charge in [0.2, 0.25) is 5.91 Å². The van der Waals surface area contributed by atoms with E-state index in [0.29, 0.717) is 38.3 Å². The molecular formula is C27H31N5O2. The van der Waals surface area contributed by atoms with Crippen LogP contribution in [0.1, 0.15) is 34.4 Å². The van der Waals surface area contributed by atoms with Gasteiger partial charge >= 0.3 is 0 Å². The van der Waals surface area contributed by atoms with Crippen molar-refractivity contribution in [3.63, 3.8) is 0 Å². The molecule has 1 aliphatic heterocycles. The van der Waals surface area contributed by atoms with Gasteiger partial charge in [-0.15, -0.1) is 0 Å². The maximum atomic E-state index is 13.2. The Morgan fingerprint density at radius 2 is 1.94 bits per heavy atom. The van der Waals surface area contributed by atoms with Crippen LogP contribution >= 0.6 is 0 Å². The molecule has 1 saturated heterocycles. The lowest BCUT2D eigenvalue weighted by Crippen LogP contribution is -2.56. The SMILES string of the molecule is COCCC1CN(c2cccc(C)c2C)C(=O)CN1Cc1cn(Cc2ccc(C#N)cc2)cn1. The van der Waals surface area contributed by atoms with E-state index in [-0.39, 0.29) is 11.9 Å². The Morgan fingerprint density at radius 1 is 1.15 bits per heavy atom. The molecule has 2 aromatic carbocycles. The topological polar surface area (TPSA) is 74.4 Å². The lowest BCUT2D eigenvalue weighted by molar-refractivity contribution is -0.123. The van der Waals surface area contributed by atoms with Crippen LogP contribution in [0.4, 0.5) is 5.69 Å². The summed E-state index contributed by atoms with van der Waals surface area (Å²) in [5, 5.41) is 8.97. The second-order valence-corrected chi connectivity index (χ2v) is 8.91. The number of benzene rings is 2. The Morgan fingerprint density at radius 3 is 2.68 bits per heavy atom. The Labute approximate surface area is 201 Å². The number of piperazine rings is 1. The second kappa shape index (κ2) is 10.6. The normalized spacial score (nSPS) is 16.6. The number of aromatic nitrogens is 2. The van der Waals surface area contributed by atoms with Gasteiger partial charge in [0.05, 0.1) is 30.2 Å². The van der Waals surface area contributed by atoms with Crippen LogP contribution in [0.2, 0.25) is 0 Å². The molecule has 7 heteroatoms. The number of imidazole rings is 1. The summed E-state index contributed by atoms with van der Waals surface area (Å²) in [4.78, 5) is 21.9. The van der Waals surface area contributed by atoms with Crippen molar-refractivity contribution in [3.05, 3.63) is 82.9 Å². The van der Waals surface area contributed by atoms with Crippen LogP contribution in [-0.4, -0.2) is 53.2 Å². The molecule has 1 unspecified atom stereocenters. The lowest BCUT2D eigenvalue weighted by atomic mass is 10.0.